The van der Waals surface area contributed by atoms with Gasteiger partial charge in [-0.25, -0.2) is 0 Å². The molecule has 1 heterocycles. The Morgan fingerprint density at radius 3 is 2.37 bits per heavy atom. The van der Waals surface area contributed by atoms with E-state index in [4.69, 9.17) is 16.3 Å². The Labute approximate surface area is 166 Å². The number of rotatable bonds is 6. The molecule has 0 bridgehead atoms. The van der Waals surface area contributed by atoms with Crippen LogP contribution in [0.5, 0.6) is 0 Å². The SMILES string of the molecule is CN(C)C(CNC(=O)C1(c2ccccc2)CCOCC1)c1ccccc1Cl. The molecular weight excluding hydrogens is 360 g/mol. The number of likely N-dealkylation sites (N-methyl/N-ethyl adjacent to an activating group) is 1. The van der Waals surface area contributed by atoms with Gasteiger partial charge in [0.25, 0.3) is 0 Å². The summed E-state index contributed by atoms with van der Waals surface area (Å²) in [4.78, 5) is 15.4. The molecule has 1 fully saturated rings. The summed E-state index contributed by atoms with van der Waals surface area (Å²) in [5, 5.41) is 3.92. The second-order valence-electron chi connectivity index (χ2n) is 7.27. The number of ether oxygens (including phenoxy) is 1. The van der Waals surface area contributed by atoms with E-state index in [1.807, 2.05) is 68.7 Å². The molecule has 144 valence electrons. The molecular formula is C22H27ClN2O2. The zero-order valence-corrected chi connectivity index (χ0v) is 16.7. The highest BCUT2D eigenvalue weighted by Gasteiger charge is 2.41. The van der Waals surface area contributed by atoms with Crippen molar-refractivity contribution in [3.63, 3.8) is 0 Å². The number of nitrogens with one attached hydrogen (secondary N) is 1. The number of hydrogen-bond acceptors (Lipinski definition) is 3. The van der Waals surface area contributed by atoms with Gasteiger partial charge in [0.15, 0.2) is 0 Å². The minimum atomic E-state index is -0.531. The standard InChI is InChI=1S/C22H27ClN2O2/c1-25(2)20(18-10-6-7-11-19(18)23)16-24-21(26)22(12-14-27-15-13-22)17-8-4-3-5-9-17/h3-11,20H,12-16H2,1-2H3,(H,24,26). The maximum Gasteiger partial charge on any atom is 0.230 e. The van der Waals surface area contributed by atoms with Crippen molar-refractivity contribution >= 4 is 17.5 Å². The first kappa shape index (κ1) is 19.9. The van der Waals surface area contributed by atoms with E-state index < -0.39 is 5.41 Å². The van der Waals surface area contributed by atoms with Gasteiger partial charge >= 0.3 is 0 Å². The normalized spacial score (nSPS) is 17.5. The Balaban J connectivity index is 1.80. The average molecular weight is 387 g/mol. The zero-order chi connectivity index (χ0) is 19.3. The summed E-state index contributed by atoms with van der Waals surface area (Å²) in [7, 11) is 4.00. The van der Waals surface area contributed by atoms with Gasteiger partial charge in [-0.1, -0.05) is 60.1 Å². The fourth-order valence-corrected chi connectivity index (χ4v) is 4.06. The molecule has 1 saturated heterocycles. The number of carbonyl (C=O) groups is 1. The van der Waals surface area contributed by atoms with Crippen LogP contribution in [0.2, 0.25) is 5.02 Å². The Kier molecular flexibility index (Phi) is 6.53. The van der Waals surface area contributed by atoms with Gasteiger partial charge in [0, 0.05) is 24.8 Å². The van der Waals surface area contributed by atoms with Crippen molar-refractivity contribution in [2.24, 2.45) is 0 Å². The van der Waals surface area contributed by atoms with Gasteiger partial charge in [-0.15, -0.1) is 0 Å². The third-order valence-corrected chi connectivity index (χ3v) is 5.80. The first-order chi connectivity index (χ1) is 13.0. The van der Waals surface area contributed by atoms with E-state index in [2.05, 4.69) is 10.2 Å². The molecule has 1 amide bonds. The number of hydrogen-bond donors (Lipinski definition) is 1. The maximum absolute atomic E-state index is 13.3. The molecule has 2 aromatic rings. The van der Waals surface area contributed by atoms with Crippen LogP contribution in [0.25, 0.3) is 0 Å². The van der Waals surface area contributed by atoms with Crippen molar-refractivity contribution in [1.29, 1.82) is 0 Å². The number of benzene rings is 2. The first-order valence-corrected chi connectivity index (χ1v) is 9.75. The highest BCUT2D eigenvalue weighted by atomic mass is 35.5. The second kappa shape index (κ2) is 8.87. The number of nitrogens with zero attached hydrogens (tertiary/aromatic N) is 1. The molecule has 2 aromatic carbocycles. The largest absolute Gasteiger partial charge is 0.381 e. The molecule has 0 saturated carbocycles. The summed E-state index contributed by atoms with van der Waals surface area (Å²) < 4.78 is 5.54. The van der Waals surface area contributed by atoms with Gasteiger partial charge in [-0.05, 0) is 44.1 Å². The molecule has 1 aliphatic heterocycles. The minimum Gasteiger partial charge on any atom is -0.381 e. The molecule has 27 heavy (non-hydrogen) atoms. The van der Waals surface area contributed by atoms with Crippen LogP contribution < -0.4 is 5.32 Å². The van der Waals surface area contributed by atoms with Gasteiger partial charge in [-0.2, -0.15) is 0 Å². The lowest BCUT2D eigenvalue weighted by Gasteiger charge is -2.37. The monoisotopic (exact) mass is 386 g/mol. The van der Waals surface area contributed by atoms with Gasteiger partial charge in [0.2, 0.25) is 5.91 Å². The summed E-state index contributed by atoms with van der Waals surface area (Å²) >= 11 is 6.39. The topological polar surface area (TPSA) is 41.6 Å². The van der Waals surface area contributed by atoms with Crippen molar-refractivity contribution in [3.05, 3.63) is 70.7 Å². The molecule has 0 aliphatic carbocycles. The molecule has 0 spiro atoms. The number of halogens is 1. The van der Waals surface area contributed by atoms with E-state index >= 15 is 0 Å². The molecule has 0 radical (unpaired) electrons. The Morgan fingerprint density at radius 2 is 1.74 bits per heavy atom. The summed E-state index contributed by atoms with van der Waals surface area (Å²) in [5.74, 6) is 0.0657. The summed E-state index contributed by atoms with van der Waals surface area (Å²) in [6.45, 7) is 1.71. The highest BCUT2D eigenvalue weighted by molar-refractivity contribution is 6.31. The fourth-order valence-electron chi connectivity index (χ4n) is 3.80. The molecule has 1 unspecified atom stereocenters. The third-order valence-electron chi connectivity index (χ3n) is 5.45. The van der Waals surface area contributed by atoms with E-state index in [0.717, 1.165) is 11.1 Å². The lowest BCUT2D eigenvalue weighted by Crippen LogP contribution is -2.49. The highest BCUT2D eigenvalue weighted by Crippen LogP contribution is 2.35. The number of amides is 1. The van der Waals surface area contributed by atoms with E-state index in [-0.39, 0.29) is 11.9 Å². The van der Waals surface area contributed by atoms with Crippen LogP contribution in [-0.4, -0.2) is 44.7 Å². The van der Waals surface area contributed by atoms with Crippen molar-refractivity contribution in [3.8, 4) is 0 Å². The van der Waals surface area contributed by atoms with Gasteiger partial charge in [0.1, 0.15) is 0 Å². The van der Waals surface area contributed by atoms with Crippen LogP contribution in [0.4, 0.5) is 0 Å². The first-order valence-electron chi connectivity index (χ1n) is 9.37. The van der Waals surface area contributed by atoms with Crippen LogP contribution in [0.15, 0.2) is 54.6 Å². The van der Waals surface area contributed by atoms with Crippen LogP contribution in [0, 0.1) is 0 Å². The van der Waals surface area contributed by atoms with E-state index in [0.29, 0.717) is 37.6 Å². The summed E-state index contributed by atoms with van der Waals surface area (Å²) in [6, 6.07) is 17.9. The van der Waals surface area contributed by atoms with Crippen LogP contribution in [0.1, 0.15) is 30.0 Å². The lowest BCUT2D eigenvalue weighted by molar-refractivity contribution is -0.130. The van der Waals surface area contributed by atoms with Crippen molar-refractivity contribution in [2.45, 2.75) is 24.3 Å². The van der Waals surface area contributed by atoms with Gasteiger partial charge < -0.3 is 15.0 Å². The van der Waals surface area contributed by atoms with Crippen molar-refractivity contribution < 1.29 is 9.53 Å². The van der Waals surface area contributed by atoms with E-state index in [1.54, 1.807) is 0 Å². The van der Waals surface area contributed by atoms with Crippen molar-refractivity contribution in [2.75, 3.05) is 33.9 Å². The third kappa shape index (κ3) is 4.34. The Morgan fingerprint density at radius 1 is 1.11 bits per heavy atom. The van der Waals surface area contributed by atoms with E-state index in [1.165, 1.54) is 0 Å². The summed E-state index contributed by atoms with van der Waals surface area (Å²) in [5.41, 5.74) is 1.55. The Hall–Kier alpha value is -1.88. The molecule has 3 rings (SSSR count). The Bertz CT molecular complexity index is 758. The molecule has 4 nitrogen and oxygen atoms in total. The molecule has 1 aliphatic rings. The molecule has 1 atom stereocenters. The van der Waals surface area contributed by atoms with Crippen LogP contribution >= 0.6 is 11.6 Å². The number of carbonyl (C=O) groups excluding carboxylic acids is 1. The predicted molar refractivity (Wildman–Crippen MR) is 109 cm³/mol. The molecule has 0 aromatic heterocycles. The average Bonchev–Trinajstić information content (AvgIpc) is 2.70. The lowest BCUT2D eigenvalue weighted by atomic mass is 9.73. The second-order valence-corrected chi connectivity index (χ2v) is 7.68. The maximum atomic E-state index is 13.3. The smallest absolute Gasteiger partial charge is 0.230 e. The molecule has 1 N–H and O–H groups in total. The zero-order valence-electron chi connectivity index (χ0n) is 16.0. The van der Waals surface area contributed by atoms with Crippen molar-refractivity contribution in [1.82, 2.24) is 10.2 Å². The minimum absolute atomic E-state index is 0.00955. The molecule has 5 heteroatoms. The van der Waals surface area contributed by atoms with E-state index in [9.17, 15) is 4.79 Å². The summed E-state index contributed by atoms with van der Waals surface area (Å²) in [6.07, 6.45) is 1.39. The van der Waals surface area contributed by atoms with Gasteiger partial charge in [-0.3, -0.25) is 4.79 Å². The fraction of sp³-hybridized carbons (Fsp3) is 0.409. The predicted octanol–water partition coefficient (Wildman–Crippen LogP) is 3.81. The van der Waals surface area contributed by atoms with Crippen LogP contribution in [0.3, 0.4) is 0 Å². The quantitative estimate of drug-likeness (QED) is 0.820. The van der Waals surface area contributed by atoms with Gasteiger partial charge in [0.05, 0.1) is 11.5 Å². The van der Waals surface area contributed by atoms with Crippen LogP contribution in [-0.2, 0) is 14.9 Å².